The molecule has 0 aliphatic carbocycles. The summed E-state index contributed by atoms with van der Waals surface area (Å²) in [6.45, 7) is -0.101. The first-order valence-corrected chi connectivity index (χ1v) is 6.25. The van der Waals surface area contributed by atoms with Crippen LogP contribution < -0.4 is 4.90 Å². The van der Waals surface area contributed by atoms with E-state index in [0.29, 0.717) is 0 Å². The van der Waals surface area contributed by atoms with Crippen LogP contribution in [0.3, 0.4) is 0 Å². The van der Waals surface area contributed by atoms with Gasteiger partial charge in [0.2, 0.25) is 5.91 Å². The van der Waals surface area contributed by atoms with E-state index in [1.165, 1.54) is 6.07 Å². The molecule has 1 aliphatic rings. The van der Waals surface area contributed by atoms with Crippen molar-refractivity contribution in [3.8, 4) is 0 Å². The molecule has 1 saturated heterocycles. The lowest BCUT2D eigenvalue weighted by Gasteiger charge is -2.18. The Kier molecular flexibility index (Phi) is 4.06. The number of nitro groups is 1. The Morgan fingerprint density at radius 2 is 2.14 bits per heavy atom. The molecule has 1 amide bonds. The smallest absolute Gasteiger partial charge is 0.340 e. The Morgan fingerprint density at radius 1 is 1.45 bits per heavy atom. The number of hydrogen-bond donors (Lipinski definition) is 1. The van der Waals surface area contributed by atoms with Crippen molar-refractivity contribution >= 4 is 29.2 Å². The van der Waals surface area contributed by atoms with Gasteiger partial charge in [-0.15, -0.1) is 0 Å². The number of carboxylic acid groups (broad SMARTS) is 1. The quantitative estimate of drug-likeness (QED) is 0.495. The maximum atomic E-state index is 11.9. The molecular formula is C13H12N2O7. The van der Waals surface area contributed by atoms with Crippen LogP contribution in [0, 0.1) is 16.0 Å². The average molecular weight is 308 g/mol. The topological polar surface area (TPSA) is 127 Å². The SMILES string of the molecule is COC(=O)c1cc([N+](=O)[O-])ccc1N1CC(C(=O)O)CC1=O. The number of methoxy groups -OCH3 is 1. The molecule has 1 aliphatic heterocycles. The lowest BCUT2D eigenvalue weighted by Crippen LogP contribution is -2.27. The second-order valence-electron chi connectivity index (χ2n) is 4.69. The summed E-state index contributed by atoms with van der Waals surface area (Å²) >= 11 is 0. The molecule has 22 heavy (non-hydrogen) atoms. The van der Waals surface area contributed by atoms with Crippen molar-refractivity contribution in [1.29, 1.82) is 0 Å². The second kappa shape index (κ2) is 5.80. The van der Waals surface area contributed by atoms with Crippen LogP contribution in [0.4, 0.5) is 11.4 Å². The lowest BCUT2D eigenvalue weighted by atomic mass is 10.1. The summed E-state index contributed by atoms with van der Waals surface area (Å²) in [4.78, 5) is 46.0. The average Bonchev–Trinajstić information content (AvgIpc) is 2.87. The number of hydrogen-bond acceptors (Lipinski definition) is 6. The summed E-state index contributed by atoms with van der Waals surface area (Å²) in [6.07, 6.45) is -0.188. The van der Waals surface area contributed by atoms with Gasteiger partial charge in [-0.25, -0.2) is 4.79 Å². The number of carboxylic acids is 1. The fraction of sp³-hybridized carbons (Fsp3) is 0.308. The number of esters is 1. The number of benzene rings is 1. The second-order valence-corrected chi connectivity index (χ2v) is 4.69. The molecule has 0 radical (unpaired) electrons. The molecule has 1 atom stereocenters. The highest BCUT2D eigenvalue weighted by Crippen LogP contribution is 2.31. The number of carbonyl (C=O) groups is 3. The summed E-state index contributed by atoms with van der Waals surface area (Å²) in [5.41, 5.74) is -0.382. The standard InChI is InChI=1S/C13H12N2O7/c1-22-13(19)9-5-8(15(20)21)2-3-10(9)14-6-7(12(17)18)4-11(14)16/h2-3,5,7H,4,6H2,1H3,(H,17,18). The summed E-state index contributed by atoms with van der Waals surface area (Å²) < 4.78 is 4.56. The Balaban J connectivity index is 2.46. The van der Waals surface area contributed by atoms with Crippen molar-refractivity contribution in [3.05, 3.63) is 33.9 Å². The molecule has 0 bridgehead atoms. The van der Waals surface area contributed by atoms with Crippen molar-refractivity contribution in [2.24, 2.45) is 5.92 Å². The van der Waals surface area contributed by atoms with Gasteiger partial charge in [0, 0.05) is 25.1 Å². The number of aliphatic carboxylic acids is 1. The molecule has 1 unspecified atom stereocenters. The molecule has 0 saturated carbocycles. The van der Waals surface area contributed by atoms with Gasteiger partial charge in [0.05, 0.1) is 29.2 Å². The first-order valence-electron chi connectivity index (χ1n) is 6.25. The van der Waals surface area contributed by atoms with Gasteiger partial charge in [0.1, 0.15) is 0 Å². The molecule has 1 aromatic rings. The van der Waals surface area contributed by atoms with E-state index in [9.17, 15) is 24.5 Å². The maximum absolute atomic E-state index is 11.9. The highest BCUT2D eigenvalue weighted by molar-refractivity contribution is 6.05. The molecule has 1 heterocycles. The minimum atomic E-state index is -1.11. The zero-order valence-electron chi connectivity index (χ0n) is 11.5. The predicted octanol–water partition coefficient (Wildman–Crippen LogP) is 0.819. The van der Waals surface area contributed by atoms with Gasteiger partial charge in [-0.05, 0) is 6.07 Å². The number of nitrogens with zero attached hydrogens (tertiary/aromatic N) is 2. The van der Waals surface area contributed by atoms with Gasteiger partial charge in [-0.2, -0.15) is 0 Å². The van der Waals surface area contributed by atoms with Gasteiger partial charge < -0.3 is 14.7 Å². The largest absolute Gasteiger partial charge is 0.481 e. The Bertz CT molecular complexity index is 670. The Hall–Kier alpha value is -2.97. The minimum absolute atomic E-state index is 0.101. The van der Waals surface area contributed by atoms with Crippen molar-refractivity contribution in [1.82, 2.24) is 0 Å². The van der Waals surface area contributed by atoms with Crippen LogP contribution in [-0.2, 0) is 14.3 Å². The van der Waals surface area contributed by atoms with E-state index in [4.69, 9.17) is 5.11 Å². The van der Waals surface area contributed by atoms with Crippen LogP contribution in [0.1, 0.15) is 16.8 Å². The fourth-order valence-corrected chi connectivity index (χ4v) is 2.25. The molecule has 0 spiro atoms. The van der Waals surface area contributed by atoms with E-state index in [2.05, 4.69) is 4.74 Å². The number of anilines is 1. The van der Waals surface area contributed by atoms with Crippen molar-refractivity contribution < 1.29 is 29.2 Å². The molecule has 1 N–H and O–H groups in total. The van der Waals surface area contributed by atoms with Crippen LogP contribution in [0.25, 0.3) is 0 Å². The minimum Gasteiger partial charge on any atom is -0.481 e. The Labute approximate surface area is 124 Å². The number of rotatable bonds is 4. The summed E-state index contributed by atoms with van der Waals surface area (Å²) in [5.74, 6) is -3.30. The van der Waals surface area contributed by atoms with Gasteiger partial charge in [-0.1, -0.05) is 0 Å². The van der Waals surface area contributed by atoms with E-state index in [-0.39, 0.29) is 29.9 Å². The first-order chi connectivity index (χ1) is 10.3. The van der Waals surface area contributed by atoms with E-state index in [0.717, 1.165) is 24.1 Å². The van der Waals surface area contributed by atoms with Crippen molar-refractivity contribution in [2.45, 2.75) is 6.42 Å². The van der Waals surface area contributed by atoms with Crippen LogP contribution in [-0.4, -0.2) is 41.5 Å². The van der Waals surface area contributed by atoms with Gasteiger partial charge in [-0.3, -0.25) is 19.7 Å². The Morgan fingerprint density at radius 3 is 2.64 bits per heavy atom. The van der Waals surface area contributed by atoms with Crippen LogP contribution in [0.2, 0.25) is 0 Å². The summed E-state index contributed by atoms with van der Waals surface area (Å²) in [5, 5.41) is 19.8. The van der Waals surface area contributed by atoms with Gasteiger partial charge >= 0.3 is 11.9 Å². The highest BCUT2D eigenvalue weighted by Gasteiger charge is 2.37. The van der Waals surface area contributed by atoms with Gasteiger partial charge in [0.25, 0.3) is 5.69 Å². The monoisotopic (exact) mass is 308 g/mol. The number of amides is 1. The van der Waals surface area contributed by atoms with Crippen LogP contribution in [0.15, 0.2) is 18.2 Å². The molecular weight excluding hydrogens is 296 g/mol. The lowest BCUT2D eigenvalue weighted by molar-refractivity contribution is -0.384. The highest BCUT2D eigenvalue weighted by atomic mass is 16.6. The normalized spacial score (nSPS) is 17.4. The van der Waals surface area contributed by atoms with E-state index in [1.807, 2.05) is 0 Å². The molecule has 9 nitrogen and oxygen atoms in total. The molecule has 1 fully saturated rings. The maximum Gasteiger partial charge on any atom is 0.340 e. The van der Waals surface area contributed by atoms with Crippen molar-refractivity contribution in [3.63, 3.8) is 0 Å². The predicted molar refractivity (Wildman–Crippen MR) is 72.5 cm³/mol. The third kappa shape index (κ3) is 2.73. The fourth-order valence-electron chi connectivity index (χ4n) is 2.25. The van der Waals surface area contributed by atoms with Crippen LogP contribution in [0.5, 0.6) is 0 Å². The van der Waals surface area contributed by atoms with E-state index < -0.39 is 28.7 Å². The summed E-state index contributed by atoms with van der Waals surface area (Å²) in [6, 6.07) is 3.39. The summed E-state index contributed by atoms with van der Waals surface area (Å²) in [7, 11) is 1.11. The molecule has 2 rings (SSSR count). The number of carbonyl (C=O) groups excluding carboxylic acids is 2. The third-order valence-corrected chi connectivity index (χ3v) is 3.36. The van der Waals surface area contributed by atoms with Crippen LogP contribution >= 0.6 is 0 Å². The molecule has 0 aromatic heterocycles. The number of non-ortho nitro benzene ring substituents is 1. The number of nitro benzene ring substituents is 1. The zero-order valence-corrected chi connectivity index (χ0v) is 11.5. The first kappa shape index (κ1) is 15.4. The van der Waals surface area contributed by atoms with E-state index >= 15 is 0 Å². The number of ether oxygens (including phenoxy) is 1. The molecule has 116 valence electrons. The van der Waals surface area contributed by atoms with E-state index in [1.54, 1.807) is 0 Å². The van der Waals surface area contributed by atoms with Gasteiger partial charge in [0.15, 0.2) is 0 Å². The molecule has 1 aromatic carbocycles. The third-order valence-electron chi connectivity index (χ3n) is 3.36. The zero-order chi connectivity index (χ0) is 16.4. The van der Waals surface area contributed by atoms with Crippen molar-refractivity contribution in [2.75, 3.05) is 18.6 Å². The molecule has 9 heteroatoms.